The lowest BCUT2D eigenvalue weighted by Crippen LogP contribution is -2.22. The summed E-state index contributed by atoms with van der Waals surface area (Å²) in [6.45, 7) is 2.59. The zero-order valence-electron chi connectivity index (χ0n) is 10.5. The zero-order chi connectivity index (χ0) is 13.8. The molecule has 0 aliphatic rings. The molecule has 100 valence electrons. The van der Waals surface area contributed by atoms with Crippen LogP contribution in [0.1, 0.15) is 24.1 Å². The Labute approximate surface area is 116 Å². The smallest absolute Gasteiger partial charge is 0.123 e. The van der Waals surface area contributed by atoms with Crippen LogP contribution in [-0.2, 0) is 0 Å². The number of benzene rings is 2. The van der Waals surface area contributed by atoms with Gasteiger partial charge in [-0.25, -0.2) is 8.78 Å². The summed E-state index contributed by atoms with van der Waals surface area (Å²) in [7, 11) is 0. The maximum Gasteiger partial charge on any atom is 0.123 e. The van der Waals surface area contributed by atoms with Gasteiger partial charge in [-0.1, -0.05) is 30.7 Å². The van der Waals surface area contributed by atoms with Crippen molar-refractivity contribution in [1.29, 1.82) is 0 Å². The maximum atomic E-state index is 13.4. The van der Waals surface area contributed by atoms with E-state index in [0.29, 0.717) is 22.7 Å². The molecule has 0 bridgehead atoms. The van der Waals surface area contributed by atoms with Crippen molar-refractivity contribution in [2.45, 2.75) is 13.0 Å². The fourth-order valence-electron chi connectivity index (χ4n) is 2.03. The molecule has 0 fully saturated rings. The van der Waals surface area contributed by atoms with Crippen LogP contribution >= 0.6 is 11.6 Å². The van der Waals surface area contributed by atoms with E-state index in [4.69, 9.17) is 11.6 Å². The Kier molecular flexibility index (Phi) is 4.51. The molecule has 2 aromatic rings. The quantitative estimate of drug-likeness (QED) is 0.880. The molecular formula is C15H14ClF2N. The molecule has 0 heterocycles. The first-order chi connectivity index (χ1) is 9.11. The van der Waals surface area contributed by atoms with E-state index < -0.39 is 0 Å². The Morgan fingerprint density at radius 3 is 2.53 bits per heavy atom. The summed E-state index contributed by atoms with van der Waals surface area (Å²) in [5, 5.41) is 3.65. The number of hydrogen-bond donors (Lipinski definition) is 1. The van der Waals surface area contributed by atoms with Crippen molar-refractivity contribution in [1.82, 2.24) is 5.32 Å². The first kappa shape index (κ1) is 14.0. The van der Waals surface area contributed by atoms with Crippen LogP contribution < -0.4 is 5.32 Å². The molecule has 0 spiro atoms. The van der Waals surface area contributed by atoms with Crippen molar-refractivity contribution < 1.29 is 8.78 Å². The molecule has 0 saturated heterocycles. The SMILES string of the molecule is CCNC(c1cccc(F)c1)c1cc(F)ccc1Cl. The van der Waals surface area contributed by atoms with Gasteiger partial charge in [-0.2, -0.15) is 0 Å². The first-order valence-electron chi connectivity index (χ1n) is 6.05. The van der Waals surface area contributed by atoms with Crippen molar-refractivity contribution in [3.8, 4) is 0 Å². The molecule has 0 radical (unpaired) electrons. The van der Waals surface area contributed by atoms with Crippen LogP contribution in [0.3, 0.4) is 0 Å². The maximum absolute atomic E-state index is 13.4. The van der Waals surface area contributed by atoms with E-state index in [0.717, 1.165) is 0 Å². The Morgan fingerprint density at radius 2 is 1.84 bits per heavy atom. The molecule has 0 aliphatic heterocycles. The lowest BCUT2D eigenvalue weighted by molar-refractivity contribution is 0.593. The average Bonchev–Trinajstić information content (AvgIpc) is 2.39. The minimum absolute atomic E-state index is 0.326. The summed E-state index contributed by atoms with van der Waals surface area (Å²) < 4.78 is 26.7. The van der Waals surface area contributed by atoms with Crippen molar-refractivity contribution in [2.24, 2.45) is 0 Å². The van der Waals surface area contributed by atoms with Gasteiger partial charge >= 0.3 is 0 Å². The van der Waals surface area contributed by atoms with Gasteiger partial charge in [0.25, 0.3) is 0 Å². The van der Waals surface area contributed by atoms with Gasteiger partial charge in [-0.3, -0.25) is 0 Å². The van der Waals surface area contributed by atoms with Gasteiger partial charge in [0.2, 0.25) is 0 Å². The predicted octanol–water partition coefficient (Wildman–Crippen LogP) is 4.32. The van der Waals surface area contributed by atoms with E-state index in [1.54, 1.807) is 12.1 Å². The monoisotopic (exact) mass is 281 g/mol. The van der Waals surface area contributed by atoms with Gasteiger partial charge in [0.05, 0.1) is 6.04 Å². The van der Waals surface area contributed by atoms with Gasteiger partial charge < -0.3 is 5.32 Å². The van der Waals surface area contributed by atoms with Gasteiger partial charge in [-0.05, 0) is 48.0 Å². The van der Waals surface area contributed by atoms with Crippen LogP contribution in [0.5, 0.6) is 0 Å². The van der Waals surface area contributed by atoms with E-state index in [1.807, 2.05) is 6.92 Å². The third kappa shape index (κ3) is 3.31. The zero-order valence-corrected chi connectivity index (χ0v) is 11.2. The fourth-order valence-corrected chi connectivity index (χ4v) is 2.26. The summed E-state index contributed by atoms with van der Waals surface area (Å²) in [5.41, 5.74) is 1.32. The van der Waals surface area contributed by atoms with Gasteiger partial charge in [0.15, 0.2) is 0 Å². The van der Waals surface area contributed by atoms with Crippen LogP contribution in [0, 0.1) is 11.6 Å². The highest BCUT2D eigenvalue weighted by atomic mass is 35.5. The Balaban J connectivity index is 2.48. The van der Waals surface area contributed by atoms with E-state index >= 15 is 0 Å². The highest BCUT2D eigenvalue weighted by molar-refractivity contribution is 6.31. The lowest BCUT2D eigenvalue weighted by Gasteiger charge is -2.20. The number of hydrogen-bond acceptors (Lipinski definition) is 1. The van der Waals surface area contributed by atoms with Crippen LogP contribution in [0.4, 0.5) is 8.78 Å². The van der Waals surface area contributed by atoms with Gasteiger partial charge in [0.1, 0.15) is 11.6 Å². The Bertz CT molecular complexity index is 572. The lowest BCUT2D eigenvalue weighted by atomic mass is 9.98. The van der Waals surface area contributed by atoms with Crippen LogP contribution in [0.2, 0.25) is 5.02 Å². The largest absolute Gasteiger partial charge is 0.306 e. The molecule has 2 rings (SSSR count). The number of rotatable bonds is 4. The second-order valence-electron chi connectivity index (χ2n) is 4.21. The molecule has 0 saturated carbocycles. The molecule has 19 heavy (non-hydrogen) atoms. The van der Waals surface area contributed by atoms with E-state index in [-0.39, 0.29) is 17.7 Å². The summed E-state index contributed by atoms with van der Waals surface area (Å²) in [4.78, 5) is 0. The standard InChI is InChI=1S/C15H14ClF2N/c1-2-19-15(10-4-3-5-11(17)8-10)13-9-12(18)6-7-14(13)16/h3-9,15,19H,2H2,1H3. The van der Waals surface area contributed by atoms with Crippen molar-refractivity contribution >= 4 is 11.6 Å². The van der Waals surface area contributed by atoms with Crippen molar-refractivity contribution in [2.75, 3.05) is 6.54 Å². The summed E-state index contributed by atoms with van der Waals surface area (Å²) in [6, 6.07) is 10.1. The Morgan fingerprint density at radius 1 is 1.11 bits per heavy atom. The van der Waals surface area contributed by atoms with E-state index in [2.05, 4.69) is 5.32 Å². The molecular weight excluding hydrogens is 268 g/mol. The molecule has 1 atom stereocenters. The van der Waals surface area contributed by atoms with Crippen LogP contribution in [0.15, 0.2) is 42.5 Å². The summed E-state index contributed by atoms with van der Waals surface area (Å²) >= 11 is 6.12. The number of halogens is 3. The van der Waals surface area contributed by atoms with E-state index in [9.17, 15) is 8.78 Å². The highest BCUT2D eigenvalue weighted by Crippen LogP contribution is 2.29. The molecule has 0 aliphatic carbocycles. The Hall–Kier alpha value is -1.45. The molecule has 0 aromatic heterocycles. The van der Waals surface area contributed by atoms with E-state index in [1.165, 1.54) is 30.3 Å². The molecule has 1 unspecified atom stereocenters. The fraction of sp³-hybridized carbons (Fsp3) is 0.200. The summed E-state index contributed by atoms with van der Waals surface area (Å²) in [6.07, 6.45) is 0. The summed E-state index contributed by atoms with van der Waals surface area (Å²) in [5.74, 6) is -0.688. The normalized spacial score (nSPS) is 12.4. The van der Waals surface area contributed by atoms with Gasteiger partial charge in [-0.15, -0.1) is 0 Å². The second-order valence-corrected chi connectivity index (χ2v) is 4.62. The molecule has 2 aromatic carbocycles. The molecule has 4 heteroatoms. The minimum atomic E-state index is -0.362. The van der Waals surface area contributed by atoms with Gasteiger partial charge in [0, 0.05) is 5.02 Å². The molecule has 0 amide bonds. The average molecular weight is 282 g/mol. The first-order valence-corrected chi connectivity index (χ1v) is 6.43. The molecule has 1 N–H and O–H groups in total. The van der Waals surface area contributed by atoms with Crippen molar-refractivity contribution in [3.05, 3.63) is 70.2 Å². The molecule has 1 nitrogen and oxygen atoms in total. The predicted molar refractivity (Wildman–Crippen MR) is 73.3 cm³/mol. The van der Waals surface area contributed by atoms with Crippen molar-refractivity contribution in [3.63, 3.8) is 0 Å². The third-order valence-electron chi connectivity index (χ3n) is 2.86. The van der Waals surface area contributed by atoms with Crippen LogP contribution in [0.25, 0.3) is 0 Å². The number of nitrogens with one attached hydrogen (secondary N) is 1. The topological polar surface area (TPSA) is 12.0 Å². The second kappa shape index (κ2) is 6.13. The highest BCUT2D eigenvalue weighted by Gasteiger charge is 2.17. The van der Waals surface area contributed by atoms with Crippen LogP contribution in [-0.4, -0.2) is 6.54 Å². The minimum Gasteiger partial charge on any atom is -0.306 e. The third-order valence-corrected chi connectivity index (χ3v) is 3.20.